The molecule has 2 aromatic heterocycles. The van der Waals surface area contributed by atoms with Crippen LogP contribution in [0.25, 0.3) is 54.2 Å². The predicted molar refractivity (Wildman–Crippen MR) is 239 cm³/mol. The highest BCUT2D eigenvalue weighted by molar-refractivity contribution is 6.25. The van der Waals surface area contributed by atoms with Gasteiger partial charge >= 0.3 is 0 Å². The second-order valence-electron chi connectivity index (χ2n) is 15.4. The van der Waals surface area contributed by atoms with Gasteiger partial charge in [-0.1, -0.05) is 147 Å². The highest BCUT2D eigenvalue weighted by atomic mass is 15.2. The summed E-state index contributed by atoms with van der Waals surface area (Å²) < 4.78 is 0. The molecule has 0 bridgehead atoms. The van der Waals surface area contributed by atoms with E-state index in [-0.39, 0.29) is 5.41 Å². The smallest absolute Gasteiger partial charge is 0.145 e. The summed E-state index contributed by atoms with van der Waals surface area (Å²) in [5, 5.41) is 8.97. The van der Waals surface area contributed by atoms with Crippen LogP contribution in [0.3, 0.4) is 0 Å². The molecule has 0 unspecified atom stereocenters. The molecule has 0 atom stereocenters. The van der Waals surface area contributed by atoms with Crippen molar-refractivity contribution in [3.63, 3.8) is 0 Å². The van der Waals surface area contributed by atoms with Gasteiger partial charge in [0.25, 0.3) is 0 Å². The molecule has 0 spiro atoms. The fourth-order valence-corrected chi connectivity index (χ4v) is 9.24. The van der Waals surface area contributed by atoms with Crippen molar-refractivity contribution in [3.05, 3.63) is 206 Å². The highest BCUT2D eigenvalue weighted by Gasteiger charge is 2.37. The van der Waals surface area contributed by atoms with E-state index in [1.165, 1.54) is 22.3 Å². The highest BCUT2D eigenvalue weighted by Crippen LogP contribution is 2.56. The lowest BCUT2D eigenvalue weighted by Crippen LogP contribution is -2.17. The van der Waals surface area contributed by atoms with Crippen molar-refractivity contribution in [3.8, 4) is 11.1 Å². The average Bonchev–Trinajstić information content (AvgIpc) is 3.49. The Hall–Kier alpha value is -7.30. The van der Waals surface area contributed by atoms with Crippen molar-refractivity contribution < 1.29 is 0 Å². The van der Waals surface area contributed by atoms with Crippen LogP contribution in [0, 0.1) is 0 Å². The zero-order valence-electron chi connectivity index (χ0n) is 31.8. The van der Waals surface area contributed by atoms with Crippen LogP contribution in [-0.4, -0.2) is 9.97 Å². The standard InChI is InChI=1S/C53H38N4/c1-53(2)47-28-16-15-25-41(47)44-33-45-46(34-48(44)53)50(57(38-21-7-4-8-22-38)52-40-24-12-10-18-36(40)30-32-55-52)43-27-14-13-26-42(43)49(45)56(37-19-5-3-6-20-37)51-39-23-11-9-17-35(39)29-31-54-51/h3-34H,1-2H3. The quantitative estimate of drug-likeness (QED) is 0.126. The number of anilines is 6. The Kier molecular flexibility index (Phi) is 7.48. The minimum Gasteiger partial charge on any atom is -0.293 e. The molecule has 4 nitrogen and oxygen atoms in total. The van der Waals surface area contributed by atoms with Gasteiger partial charge in [-0.2, -0.15) is 0 Å². The molecule has 0 saturated heterocycles. The van der Waals surface area contributed by atoms with Gasteiger partial charge in [-0.3, -0.25) is 9.80 Å². The van der Waals surface area contributed by atoms with E-state index in [0.717, 1.165) is 77.5 Å². The van der Waals surface area contributed by atoms with E-state index in [9.17, 15) is 0 Å². The Morgan fingerprint density at radius 2 is 0.807 bits per heavy atom. The van der Waals surface area contributed by atoms with E-state index < -0.39 is 0 Å². The summed E-state index contributed by atoms with van der Waals surface area (Å²) in [7, 11) is 0. The number of fused-ring (bicyclic) bond motifs is 7. The molecule has 0 aliphatic heterocycles. The number of para-hydroxylation sites is 2. The molecule has 57 heavy (non-hydrogen) atoms. The summed E-state index contributed by atoms with van der Waals surface area (Å²) in [6.07, 6.45) is 3.87. The lowest BCUT2D eigenvalue weighted by molar-refractivity contribution is 0.661. The van der Waals surface area contributed by atoms with Crippen LogP contribution in [0.4, 0.5) is 34.4 Å². The van der Waals surface area contributed by atoms with E-state index in [1.54, 1.807) is 0 Å². The third kappa shape index (κ3) is 5.07. The zero-order valence-corrected chi connectivity index (χ0v) is 31.8. The third-order valence-electron chi connectivity index (χ3n) is 11.9. The molecule has 0 fully saturated rings. The van der Waals surface area contributed by atoms with E-state index in [2.05, 4.69) is 206 Å². The number of rotatable bonds is 6. The van der Waals surface area contributed by atoms with E-state index in [4.69, 9.17) is 9.97 Å². The Balaban J connectivity index is 1.35. The van der Waals surface area contributed by atoms with Crippen molar-refractivity contribution in [2.24, 2.45) is 0 Å². The average molecular weight is 731 g/mol. The number of hydrogen-bond donors (Lipinski definition) is 0. The first-order valence-corrected chi connectivity index (χ1v) is 19.6. The summed E-state index contributed by atoms with van der Waals surface area (Å²) in [6, 6.07) is 65.5. The number of pyridine rings is 2. The molecule has 10 aromatic rings. The molecule has 2 heterocycles. The van der Waals surface area contributed by atoms with Gasteiger partial charge in [0.05, 0.1) is 11.4 Å². The molecule has 0 amide bonds. The molecular formula is C53H38N4. The number of nitrogens with zero attached hydrogens (tertiary/aromatic N) is 4. The Bertz CT molecular complexity index is 3160. The number of benzene rings is 8. The third-order valence-corrected chi connectivity index (χ3v) is 11.9. The van der Waals surface area contributed by atoms with Crippen molar-refractivity contribution in [2.45, 2.75) is 19.3 Å². The lowest BCUT2D eigenvalue weighted by atomic mass is 9.81. The van der Waals surface area contributed by atoms with Crippen LogP contribution >= 0.6 is 0 Å². The Labute approximate surface area is 331 Å². The minimum atomic E-state index is -0.214. The normalized spacial score (nSPS) is 12.9. The summed E-state index contributed by atoms with van der Waals surface area (Å²) in [5.74, 6) is 1.77. The predicted octanol–water partition coefficient (Wildman–Crippen LogP) is 14.3. The molecule has 0 saturated carbocycles. The topological polar surface area (TPSA) is 32.3 Å². The lowest BCUT2D eigenvalue weighted by Gasteiger charge is -2.33. The SMILES string of the molecule is CC1(C)c2ccccc2-c2cc3c(N(c4ccccc4)c4nccc5ccccc45)c4ccccc4c(N(c4ccccc4)c4nccc5ccccc45)c3cc21. The first kappa shape index (κ1) is 33.1. The van der Waals surface area contributed by atoms with Gasteiger partial charge < -0.3 is 0 Å². The fraction of sp³-hybridized carbons (Fsp3) is 0.0566. The monoisotopic (exact) mass is 730 g/mol. The second-order valence-corrected chi connectivity index (χ2v) is 15.4. The molecule has 1 aliphatic rings. The van der Waals surface area contributed by atoms with Crippen LogP contribution in [0.5, 0.6) is 0 Å². The van der Waals surface area contributed by atoms with Gasteiger partial charge in [0.15, 0.2) is 0 Å². The Morgan fingerprint density at radius 1 is 0.368 bits per heavy atom. The van der Waals surface area contributed by atoms with Gasteiger partial charge in [-0.25, -0.2) is 9.97 Å². The summed E-state index contributed by atoms with van der Waals surface area (Å²) in [4.78, 5) is 15.2. The van der Waals surface area contributed by atoms with Gasteiger partial charge in [0.2, 0.25) is 0 Å². The molecule has 0 N–H and O–H groups in total. The maximum absolute atomic E-state index is 5.20. The van der Waals surface area contributed by atoms with Crippen molar-refractivity contribution in [1.29, 1.82) is 0 Å². The molecule has 8 aromatic carbocycles. The molecule has 11 rings (SSSR count). The summed E-state index contributed by atoms with van der Waals surface area (Å²) in [5.41, 5.74) is 9.24. The molecule has 1 aliphatic carbocycles. The molecule has 0 radical (unpaired) electrons. The van der Waals surface area contributed by atoms with Crippen LogP contribution < -0.4 is 9.80 Å². The minimum absolute atomic E-state index is 0.214. The maximum atomic E-state index is 5.20. The fourth-order valence-electron chi connectivity index (χ4n) is 9.24. The second kappa shape index (κ2) is 12.9. The van der Waals surface area contributed by atoms with Crippen LogP contribution in [0.1, 0.15) is 25.0 Å². The first-order chi connectivity index (χ1) is 28.1. The molecule has 4 heteroatoms. The van der Waals surface area contributed by atoms with Crippen LogP contribution in [0.15, 0.2) is 194 Å². The van der Waals surface area contributed by atoms with Gasteiger partial charge in [-0.05, 0) is 81.6 Å². The van der Waals surface area contributed by atoms with Gasteiger partial charge in [-0.15, -0.1) is 0 Å². The van der Waals surface area contributed by atoms with E-state index in [0.29, 0.717) is 0 Å². The largest absolute Gasteiger partial charge is 0.293 e. The van der Waals surface area contributed by atoms with Gasteiger partial charge in [0.1, 0.15) is 11.6 Å². The van der Waals surface area contributed by atoms with E-state index >= 15 is 0 Å². The first-order valence-electron chi connectivity index (χ1n) is 19.6. The number of aromatic nitrogens is 2. The maximum Gasteiger partial charge on any atom is 0.145 e. The summed E-state index contributed by atoms with van der Waals surface area (Å²) >= 11 is 0. The van der Waals surface area contributed by atoms with Crippen molar-refractivity contribution in [1.82, 2.24) is 9.97 Å². The zero-order chi connectivity index (χ0) is 38.1. The Morgan fingerprint density at radius 3 is 1.35 bits per heavy atom. The molecule has 270 valence electrons. The van der Waals surface area contributed by atoms with Gasteiger partial charge in [0, 0.05) is 61.5 Å². The van der Waals surface area contributed by atoms with E-state index in [1.807, 2.05) is 12.4 Å². The van der Waals surface area contributed by atoms with Crippen LogP contribution in [-0.2, 0) is 5.41 Å². The molecular weight excluding hydrogens is 693 g/mol. The number of hydrogen-bond acceptors (Lipinski definition) is 4. The summed E-state index contributed by atoms with van der Waals surface area (Å²) in [6.45, 7) is 4.73. The van der Waals surface area contributed by atoms with Crippen molar-refractivity contribution >= 4 is 77.5 Å². The van der Waals surface area contributed by atoms with Crippen LogP contribution in [0.2, 0.25) is 0 Å². The van der Waals surface area contributed by atoms with Crippen molar-refractivity contribution in [2.75, 3.05) is 9.80 Å².